The van der Waals surface area contributed by atoms with Gasteiger partial charge >= 0.3 is 0 Å². The largest absolute Gasteiger partial charge is 0.508 e. The number of nitrogens with one attached hydrogen (secondary N) is 2. The van der Waals surface area contributed by atoms with E-state index in [0.29, 0.717) is 33.2 Å². The van der Waals surface area contributed by atoms with E-state index in [2.05, 4.69) is 10.3 Å². The number of hydrogen-bond donors (Lipinski definition) is 4. The van der Waals surface area contributed by atoms with Gasteiger partial charge in [0.1, 0.15) is 5.75 Å². The van der Waals surface area contributed by atoms with Gasteiger partial charge in [-0.2, -0.15) is 0 Å². The minimum absolute atomic E-state index is 0.0968. The molecule has 1 aliphatic rings. The van der Waals surface area contributed by atoms with E-state index < -0.39 is 11.8 Å². The fraction of sp³-hybridized carbons (Fsp3) is 0. The molecule has 2 amide bonds. The molecule has 4 aromatic rings. The highest BCUT2D eigenvalue weighted by Crippen LogP contribution is 2.39. The molecule has 0 saturated heterocycles. The molecule has 0 bridgehead atoms. The molecule has 6 nitrogen and oxygen atoms in total. The van der Waals surface area contributed by atoms with Gasteiger partial charge in [0.25, 0.3) is 11.8 Å². The lowest BCUT2D eigenvalue weighted by atomic mass is 9.93. The molecule has 6 heteroatoms. The Labute approximate surface area is 147 Å². The monoisotopic (exact) mass is 343 g/mol. The highest BCUT2D eigenvalue weighted by Gasteiger charge is 2.33. The molecule has 0 radical (unpaired) electrons. The zero-order chi connectivity index (χ0) is 18.0. The van der Waals surface area contributed by atoms with E-state index in [1.807, 2.05) is 18.2 Å². The number of aromatic hydroxyl groups is 1. The molecule has 3 aromatic carbocycles. The van der Waals surface area contributed by atoms with E-state index in [1.54, 1.807) is 30.3 Å². The minimum Gasteiger partial charge on any atom is -0.508 e. The first kappa shape index (κ1) is 14.5. The predicted molar refractivity (Wildman–Crippen MR) is 99.1 cm³/mol. The van der Waals surface area contributed by atoms with Crippen molar-refractivity contribution in [1.82, 2.24) is 10.3 Å². The summed E-state index contributed by atoms with van der Waals surface area (Å²) < 4.78 is 0. The van der Waals surface area contributed by atoms with Crippen molar-refractivity contribution in [2.45, 2.75) is 0 Å². The van der Waals surface area contributed by atoms with Crippen LogP contribution in [-0.2, 0) is 0 Å². The average Bonchev–Trinajstić information content (AvgIpc) is 3.12. The Bertz CT molecular complexity index is 1250. The molecule has 0 saturated carbocycles. The predicted octanol–water partition coefficient (Wildman–Crippen LogP) is 3.16. The van der Waals surface area contributed by atoms with E-state index in [-0.39, 0.29) is 5.75 Å². The number of anilines is 1. The molecule has 1 aliphatic heterocycles. The summed E-state index contributed by atoms with van der Waals surface area (Å²) >= 11 is 0. The van der Waals surface area contributed by atoms with Crippen LogP contribution in [0, 0.1) is 0 Å². The molecular formula is C20H13N3O3. The summed E-state index contributed by atoms with van der Waals surface area (Å²) in [5.41, 5.74) is 10.0. The van der Waals surface area contributed by atoms with Gasteiger partial charge < -0.3 is 15.8 Å². The number of nitrogens with two attached hydrogens (primary N) is 1. The zero-order valence-corrected chi connectivity index (χ0v) is 13.5. The van der Waals surface area contributed by atoms with Crippen molar-refractivity contribution in [3.63, 3.8) is 0 Å². The number of fused-ring (bicyclic) bond motifs is 5. The first-order chi connectivity index (χ1) is 12.5. The lowest BCUT2D eigenvalue weighted by Crippen LogP contribution is -2.20. The Hall–Kier alpha value is -3.80. The van der Waals surface area contributed by atoms with Crippen LogP contribution in [0.2, 0.25) is 0 Å². The maximum atomic E-state index is 12.5. The molecule has 1 aromatic heterocycles. The number of imide groups is 1. The summed E-state index contributed by atoms with van der Waals surface area (Å²) in [4.78, 5) is 28.3. The third kappa shape index (κ3) is 1.86. The number of carbonyl (C=O) groups is 2. The van der Waals surface area contributed by atoms with E-state index in [4.69, 9.17) is 5.73 Å². The molecule has 5 rings (SSSR count). The number of aromatic amines is 1. The number of phenolic OH excluding ortho intramolecular Hbond substituents is 1. The van der Waals surface area contributed by atoms with Crippen LogP contribution in [0.5, 0.6) is 5.75 Å². The van der Waals surface area contributed by atoms with Gasteiger partial charge in [-0.05, 0) is 47.5 Å². The van der Waals surface area contributed by atoms with Crippen LogP contribution < -0.4 is 11.1 Å². The number of benzene rings is 3. The SMILES string of the molecule is Nc1ccc(-c2cc3[nH]c4ccc(O)cc4c3c3c2C(=O)NC3=O)cc1. The van der Waals surface area contributed by atoms with E-state index in [9.17, 15) is 14.7 Å². The number of amides is 2. The molecule has 2 heterocycles. The Balaban J connectivity index is 1.95. The molecule has 0 fully saturated rings. The van der Waals surface area contributed by atoms with E-state index >= 15 is 0 Å². The summed E-state index contributed by atoms with van der Waals surface area (Å²) in [6.07, 6.45) is 0. The number of carbonyl (C=O) groups excluding carboxylic acids is 2. The maximum Gasteiger partial charge on any atom is 0.259 e. The second-order valence-corrected chi connectivity index (χ2v) is 6.36. The first-order valence-corrected chi connectivity index (χ1v) is 8.06. The van der Waals surface area contributed by atoms with Gasteiger partial charge in [0.05, 0.1) is 11.1 Å². The highest BCUT2D eigenvalue weighted by atomic mass is 16.3. The number of hydrogen-bond acceptors (Lipinski definition) is 4. The number of H-pyrrole nitrogens is 1. The fourth-order valence-electron chi connectivity index (χ4n) is 3.64. The van der Waals surface area contributed by atoms with Gasteiger partial charge in [-0.15, -0.1) is 0 Å². The molecular weight excluding hydrogens is 330 g/mol. The number of nitrogen functional groups attached to an aromatic ring is 1. The molecule has 0 unspecified atom stereocenters. The van der Waals surface area contributed by atoms with Crippen molar-refractivity contribution in [3.05, 3.63) is 59.7 Å². The van der Waals surface area contributed by atoms with Crippen molar-refractivity contribution in [3.8, 4) is 16.9 Å². The van der Waals surface area contributed by atoms with Crippen LogP contribution in [0.25, 0.3) is 32.9 Å². The zero-order valence-electron chi connectivity index (χ0n) is 13.5. The van der Waals surface area contributed by atoms with Crippen molar-refractivity contribution < 1.29 is 14.7 Å². The van der Waals surface area contributed by atoms with Crippen molar-refractivity contribution >= 4 is 39.3 Å². The summed E-state index contributed by atoms with van der Waals surface area (Å²) in [7, 11) is 0. The Kier molecular flexibility index (Phi) is 2.72. The Morgan fingerprint density at radius 2 is 1.58 bits per heavy atom. The average molecular weight is 343 g/mol. The second kappa shape index (κ2) is 4.86. The quantitative estimate of drug-likeness (QED) is 0.314. The topological polar surface area (TPSA) is 108 Å². The van der Waals surface area contributed by atoms with Crippen LogP contribution in [0.3, 0.4) is 0 Å². The molecule has 5 N–H and O–H groups in total. The lowest BCUT2D eigenvalue weighted by Gasteiger charge is -2.08. The second-order valence-electron chi connectivity index (χ2n) is 6.36. The van der Waals surface area contributed by atoms with Crippen LogP contribution >= 0.6 is 0 Å². The van der Waals surface area contributed by atoms with Gasteiger partial charge in [-0.3, -0.25) is 14.9 Å². The van der Waals surface area contributed by atoms with Crippen LogP contribution in [0.4, 0.5) is 5.69 Å². The van der Waals surface area contributed by atoms with Crippen LogP contribution in [0.15, 0.2) is 48.5 Å². The van der Waals surface area contributed by atoms with Gasteiger partial charge in [0.15, 0.2) is 0 Å². The van der Waals surface area contributed by atoms with Crippen molar-refractivity contribution in [2.24, 2.45) is 0 Å². The Morgan fingerprint density at radius 3 is 2.35 bits per heavy atom. The van der Waals surface area contributed by atoms with Crippen molar-refractivity contribution in [2.75, 3.05) is 5.73 Å². The third-order valence-electron chi connectivity index (χ3n) is 4.77. The standard InChI is InChI=1S/C20H13N3O3/c21-10-3-1-9(2-4-10)12-8-15-16(18-17(12)19(25)23-20(18)26)13-7-11(24)5-6-14(13)22-15/h1-8,22,24H,21H2,(H,23,25,26). The number of phenols is 1. The highest BCUT2D eigenvalue weighted by molar-refractivity contribution is 6.32. The van der Waals surface area contributed by atoms with E-state index in [0.717, 1.165) is 16.6 Å². The first-order valence-electron chi connectivity index (χ1n) is 8.06. The Morgan fingerprint density at radius 1 is 0.846 bits per heavy atom. The van der Waals surface area contributed by atoms with E-state index in [1.165, 1.54) is 0 Å². The summed E-state index contributed by atoms with van der Waals surface area (Å²) in [6, 6.07) is 13.9. The summed E-state index contributed by atoms with van der Waals surface area (Å²) in [6.45, 7) is 0. The molecule has 126 valence electrons. The van der Waals surface area contributed by atoms with Crippen LogP contribution in [-0.4, -0.2) is 21.9 Å². The molecule has 26 heavy (non-hydrogen) atoms. The van der Waals surface area contributed by atoms with Gasteiger partial charge in [-0.25, -0.2) is 0 Å². The molecule has 0 atom stereocenters. The third-order valence-corrected chi connectivity index (χ3v) is 4.77. The lowest BCUT2D eigenvalue weighted by molar-refractivity contribution is 0.0880. The van der Waals surface area contributed by atoms with Gasteiger partial charge in [-0.1, -0.05) is 12.1 Å². The normalized spacial score (nSPS) is 13.4. The smallest absolute Gasteiger partial charge is 0.259 e. The minimum atomic E-state index is -0.434. The fourth-order valence-corrected chi connectivity index (χ4v) is 3.64. The maximum absolute atomic E-state index is 12.5. The number of rotatable bonds is 1. The van der Waals surface area contributed by atoms with Gasteiger partial charge in [0.2, 0.25) is 0 Å². The van der Waals surface area contributed by atoms with Gasteiger partial charge in [0, 0.05) is 27.5 Å². The van der Waals surface area contributed by atoms with Crippen LogP contribution in [0.1, 0.15) is 20.7 Å². The summed E-state index contributed by atoms with van der Waals surface area (Å²) in [5, 5.41) is 13.6. The van der Waals surface area contributed by atoms with Crippen molar-refractivity contribution in [1.29, 1.82) is 0 Å². The molecule has 0 aliphatic carbocycles. The summed E-state index contributed by atoms with van der Waals surface area (Å²) in [5.74, 6) is -0.760. The molecule has 0 spiro atoms. The number of aromatic nitrogens is 1.